The minimum absolute atomic E-state index is 0.0378. The van der Waals surface area contributed by atoms with Gasteiger partial charge in [-0.2, -0.15) is 0 Å². The van der Waals surface area contributed by atoms with Gasteiger partial charge in [-0.3, -0.25) is 4.79 Å². The van der Waals surface area contributed by atoms with Crippen LogP contribution in [0.2, 0.25) is 0 Å². The topological polar surface area (TPSA) is 60.2 Å². The quantitative estimate of drug-likeness (QED) is 0.602. The van der Waals surface area contributed by atoms with Crippen molar-refractivity contribution >= 4 is 17.7 Å². The number of ether oxygens (including phenoxy) is 1. The fourth-order valence-corrected chi connectivity index (χ4v) is 4.30. The Morgan fingerprint density at radius 3 is 2.45 bits per heavy atom. The maximum atomic E-state index is 13.3. The van der Waals surface area contributed by atoms with Gasteiger partial charge >= 0.3 is 0 Å². The molecule has 2 heterocycles. The fraction of sp³-hybridized carbons (Fsp3) is 0.286. The Bertz CT molecular complexity index is 972. The second-order valence-corrected chi connectivity index (χ2v) is 7.79. The zero-order valence-electron chi connectivity index (χ0n) is 16.0. The normalized spacial score (nSPS) is 15.3. The largest absolute Gasteiger partial charge is 0.378 e. The van der Waals surface area contributed by atoms with Crippen molar-refractivity contribution in [2.75, 3.05) is 26.3 Å². The van der Waals surface area contributed by atoms with Crippen molar-refractivity contribution in [1.29, 1.82) is 0 Å². The number of aromatic nitrogens is 3. The second kappa shape index (κ2) is 8.75. The summed E-state index contributed by atoms with van der Waals surface area (Å²) in [6, 6.07) is 15.8. The molecule has 0 saturated carbocycles. The molecule has 1 aliphatic rings. The zero-order chi connectivity index (χ0) is 20.2. The number of hydrogen-bond donors (Lipinski definition) is 0. The Balaban J connectivity index is 1.62. The summed E-state index contributed by atoms with van der Waals surface area (Å²) in [4.78, 5) is 15.1. The average Bonchev–Trinajstić information content (AvgIpc) is 3.13. The van der Waals surface area contributed by atoms with E-state index >= 15 is 0 Å². The Labute approximate surface area is 172 Å². The summed E-state index contributed by atoms with van der Waals surface area (Å²) in [5.74, 6) is 0.361. The SMILES string of the molecule is Cn1c(S[C@@H](C(=O)N2CCOCC2)c2ccccc2)nnc1-c1ccc(F)cc1. The van der Waals surface area contributed by atoms with E-state index in [1.165, 1.54) is 23.9 Å². The molecular weight excluding hydrogens is 391 g/mol. The van der Waals surface area contributed by atoms with Crippen LogP contribution in [0, 0.1) is 5.82 Å². The maximum Gasteiger partial charge on any atom is 0.240 e. The third-order valence-electron chi connectivity index (χ3n) is 4.81. The monoisotopic (exact) mass is 412 g/mol. The zero-order valence-corrected chi connectivity index (χ0v) is 16.8. The summed E-state index contributed by atoms with van der Waals surface area (Å²) in [5.41, 5.74) is 1.68. The van der Waals surface area contributed by atoms with Crippen LogP contribution in [0.1, 0.15) is 10.8 Å². The Morgan fingerprint density at radius 1 is 1.07 bits per heavy atom. The van der Waals surface area contributed by atoms with E-state index in [4.69, 9.17) is 4.74 Å². The number of benzene rings is 2. The summed E-state index contributed by atoms with van der Waals surface area (Å²) in [5, 5.41) is 8.75. The highest BCUT2D eigenvalue weighted by Gasteiger charge is 2.30. The predicted molar refractivity (Wildman–Crippen MR) is 109 cm³/mol. The van der Waals surface area contributed by atoms with Gasteiger partial charge in [-0.15, -0.1) is 10.2 Å². The van der Waals surface area contributed by atoms with Crippen LogP contribution in [0.15, 0.2) is 59.8 Å². The van der Waals surface area contributed by atoms with Crippen LogP contribution in [0.25, 0.3) is 11.4 Å². The van der Waals surface area contributed by atoms with Crippen LogP contribution < -0.4 is 0 Å². The van der Waals surface area contributed by atoms with E-state index in [1.807, 2.05) is 46.8 Å². The lowest BCUT2D eigenvalue weighted by Gasteiger charge is -2.30. The first-order valence-electron chi connectivity index (χ1n) is 9.37. The number of nitrogens with zero attached hydrogens (tertiary/aromatic N) is 4. The van der Waals surface area contributed by atoms with Gasteiger partial charge in [-0.25, -0.2) is 4.39 Å². The van der Waals surface area contributed by atoms with Gasteiger partial charge in [0.15, 0.2) is 11.0 Å². The summed E-state index contributed by atoms with van der Waals surface area (Å²) >= 11 is 1.37. The van der Waals surface area contributed by atoms with Crippen molar-refractivity contribution in [1.82, 2.24) is 19.7 Å². The molecule has 1 amide bonds. The third-order valence-corrected chi connectivity index (χ3v) is 6.09. The molecule has 1 atom stereocenters. The smallest absolute Gasteiger partial charge is 0.240 e. The molecule has 0 N–H and O–H groups in total. The van der Waals surface area contributed by atoms with Crippen molar-refractivity contribution in [2.45, 2.75) is 10.4 Å². The van der Waals surface area contributed by atoms with E-state index < -0.39 is 5.25 Å². The highest BCUT2D eigenvalue weighted by atomic mass is 32.2. The third kappa shape index (κ3) is 4.33. The highest BCUT2D eigenvalue weighted by molar-refractivity contribution is 8.00. The van der Waals surface area contributed by atoms with Gasteiger partial charge < -0.3 is 14.2 Å². The molecule has 0 spiro atoms. The van der Waals surface area contributed by atoms with Gasteiger partial charge in [0.2, 0.25) is 5.91 Å². The summed E-state index contributed by atoms with van der Waals surface area (Å²) < 4.78 is 20.4. The minimum atomic E-state index is -0.432. The van der Waals surface area contributed by atoms with Crippen molar-refractivity contribution in [2.24, 2.45) is 7.05 Å². The lowest BCUT2D eigenvalue weighted by Crippen LogP contribution is -2.42. The number of carbonyl (C=O) groups is 1. The van der Waals surface area contributed by atoms with Crippen LogP contribution >= 0.6 is 11.8 Å². The minimum Gasteiger partial charge on any atom is -0.378 e. The molecular formula is C21H21FN4O2S. The first-order valence-corrected chi connectivity index (χ1v) is 10.2. The first-order chi connectivity index (χ1) is 14.1. The van der Waals surface area contributed by atoms with Gasteiger partial charge in [0.05, 0.1) is 13.2 Å². The van der Waals surface area contributed by atoms with Crippen molar-refractivity contribution in [3.8, 4) is 11.4 Å². The van der Waals surface area contributed by atoms with E-state index in [2.05, 4.69) is 10.2 Å². The molecule has 29 heavy (non-hydrogen) atoms. The van der Waals surface area contributed by atoms with Crippen LogP contribution in [0.4, 0.5) is 4.39 Å². The molecule has 1 saturated heterocycles. The van der Waals surface area contributed by atoms with Crippen LogP contribution in [0.5, 0.6) is 0 Å². The molecule has 0 radical (unpaired) electrons. The molecule has 0 aliphatic carbocycles. The molecule has 4 rings (SSSR count). The van der Waals surface area contributed by atoms with Crippen LogP contribution in [-0.2, 0) is 16.6 Å². The van der Waals surface area contributed by atoms with E-state index in [0.29, 0.717) is 37.3 Å². The molecule has 0 bridgehead atoms. The number of thioether (sulfide) groups is 1. The lowest BCUT2D eigenvalue weighted by molar-refractivity contribution is -0.134. The molecule has 150 valence electrons. The van der Waals surface area contributed by atoms with E-state index in [1.54, 1.807) is 12.1 Å². The molecule has 6 nitrogen and oxygen atoms in total. The summed E-state index contributed by atoms with van der Waals surface area (Å²) in [6.07, 6.45) is 0. The molecule has 1 aromatic heterocycles. The van der Waals surface area contributed by atoms with Gasteiger partial charge in [0, 0.05) is 25.7 Å². The van der Waals surface area contributed by atoms with Crippen molar-refractivity contribution in [3.05, 3.63) is 66.0 Å². The number of hydrogen-bond acceptors (Lipinski definition) is 5. The number of carbonyl (C=O) groups excluding carboxylic acids is 1. The predicted octanol–water partition coefficient (Wildman–Crippen LogP) is 3.31. The van der Waals surface area contributed by atoms with E-state index in [-0.39, 0.29) is 11.7 Å². The molecule has 3 aromatic rings. The van der Waals surface area contributed by atoms with Gasteiger partial charge in [0.25, 0.3) is 0 Å². The van der Waals surface area contributed by atoms with Crippen LogP contribution in [-0.4, -0.2) is 51.9 Å². The van der Waals surface area contributed by atoms with Crippen molar-refractivity contribution in [3.63, 3.8) is 0 Å². The summed E-state index contributed by atoms with van der Waals surface area (Å²) in [6.45, 7) is 2.28. The molecule has 8 heteroatoms. The molecule has 1 fully saturated rings. The van der Waals surface area contributed by atoms with Gasteiger partial charge in [0.1, 0.15) is 11.1 Å². The van der Waals surface area contributed by atoms with Crippen LogP contribution in [0.3, 0.4) is 0 Å². The Kier molecular flexibility index (Phi) is 5.92. The lowest BCUT2D eigenvalue weighted by atomic mass is 10.1. The number of halogens is 1. The molecule has 0 unspecified atom stereocenters. The highest BCUT2D eigenvalue weighted by Crippen LogP contribution is 2.37. The van der Waals surface area contributed by atoms with E-state index in [9.17, 15) is 9.18 Å². The van der Waals surface area contributed by atoms with Gasteiger partial charge in [-0.05, 0) is 29.8 Å². The number of amides is 1. The average molecular weight is 412 g/mol. The summed E-state index contributed by atoms with van der Waals surface area (Å²) in [7, 11) is 1.85. The Morgan fingerprint density at radius 2 is 1.76 bits per heavy atom. The second-order valence-electron chi connectivity index (χ2n) is 6.72. The number of morpholine rings is 1. The van der Waals surface area contributed by atoms with Crippen molar-refractivity contribution < 1.29 is 13.9 Å². The standard InChI is InChI=1S/C21H21FN4O2S/c1-25-19(16-7-9-17(22)10-8-16)23-24-21(25)29-18(15-5-3-2-4-6-15)20(27)26-11-13-28-14-12-26/h2-10,18H,11-14H2,1H3/t18-/m1/s1. The van der Waals surface area contributed by atoms with Gasteiger partial charge in [-0.1, -0.05) is 42.1 Å². The molecule has 1 aliphatic heterocycles. The molecule has 2 aromatic carbocycles. The maximum absolute atomic E-state index is 13.3. The first kappa shape index (κ1) is 19.6. The Hall–Kier alpha value is -2.71. The number of rotatable bonds is 5. The fourth-order valence-electron chi connectivity index (χ4n) is 3.21. The van der Waals surface area contributed by atoms with E-state index in [0.717, 1.165) is 11.1 Å².